The van der Waals surface area contributed by atoms with Crippen LogP contribution >= 0.6 is 0 Å². The summed E-state index contributed by atoms with van der Waals surface area (Å²) in [6, 6.07) is 6.53. The van der Waals surface area contributed by atoms with Crippen LogP contribution in [-0.2, 0) is 6.54 Å². The van der Waals surface area contributed by atoms with Gasteiger partial charge in [0.05, 0.1) is 18.4 Å². The van der Waals surface area contributed by atoms with Gasteiger partial charge >= 0.3 is 0 Å². The molecular formula is C26H34N10O. The van der Waals surface area contributed by atoms with Crippen molar-refractivity contribution in [2.75, 3.05) is 37.4 Å². The third-order valence-corrected chi connectivity index (χ3v) is 6.90. The van der Waals surface area contributed by atoms with Crippen LogP contribution in [0.4, 0.5) is 17.5 Å². The van der Waals surface area contributed by atoms with E-state index in [1.54, 1.807) is 27.8 Å². The molecule has 0 amide bonds. The van der Waals surface area contributed by atoms with Crippen LogP contribution in [0.3, 0.4) is 0 Å². The molecule has 1 fully saturated rings. The Morgan fingerprint density at radius 1 is 1.22 bits per heavy atom. The largest absolute Gasteiger partial charge is 0.357 e. The van der Waals surface area contributed by atoms with Crippen LogP contribution in [0.2, 0.25) is 0 Å². The van der Waals surface area contributed by atoms with E-state index in [2.05, 4.69) is 59.7 Å². The van der Waals surface area contributed by atoms with Gasteiger partial charge in [-0.15, -0.1) is 6.58 Å². The number of nitrogens with zero attached hydrogens (tertiary/aromatic N) is 9. The van der Waals surface area contributed by atoms with E-state index in [4.69, 9.17) is 9.97 Å². The molecule has 0 bridgehead atoms. The van der Waals surface area contributed by atoms with Crippen LogP contribution in [-0.4, -0.2) is 72.2 Å². The first-order valence-corrected chi connectivity index (χ1v) is 12.6. The predicted molar refractivity (Wildman–Crippen MR) is 146 cm³/mol. The number of likely N-dealkylation sites (tertiary alicyclic amines) is 1. The van der Waals surface area contributed by atoms with Gasteiger partial charge in [0.1, 0.15) is 11.2 Å². The summed E-state index contributed by atoms with van der Waals surface area (Å²) in [6.07, 6.45) is 9.05. The number of anilines is 3. The predicted octanol–water partition coefficient (Wildman–Crippen LogP) is 3.21. The van der Waals surface area contributed by atoms with E-state index < -0.39 is 0 Å². The highest BCUT2D eigenvalue weighted by atomic mass is 16.1. The molecule has 1 N–H and O–H groups in total. The Morgan fingerprint density at radius 3 is 2.70 bits per heavy atom. The molecule has 37 heavy (non-hydrogen) atoms. The van der Waals surface area contributed by atoms with E-state index in [1.165, 1.54) is 0 Å². The summed E-state index contributed by atoms with van der Waals surface area (Å²) in [6.45, 7) is 10.4. The first-order valence-electron chi connectivity index (χ1n) is 12.6. The van der Waals surface area contributed by atoms with Crippen LogP contribution in [0.25, 0.3) is 16.9 Å². The Balaban J connectivity index is 1.54. The Hall–Kier alpha value is -3.99. The third-order valence-electron chi connectivity index (χ3n) is 6.90. The second-order valence-electron chi connectivity index (χ2n) is 9.85. The number of hydrogen-bond acceptors (Lipinski definition) is 8. The number of pyridine rings is 1. The van der Waals surface area contributed by atoms with Gasteiger partial charge in [0.2, 0.25) is 5.95 Å². The highest BCUT2D eigenvalue weighted by Crippen LogP contribution is 2.23. The monoisotopic (exact) mass is 502 g/mol. The molecule has 194 valence electrons. The number of aromatic nitrogens is 7. The number of nitrogens with one attached hydrogen (secondary N) is 1. The van der Waals surface area contributed by atoms with Crippen LogP contribution in [0, 0.1) is 0 Å². The second-order valence-corrected chi connectivity index (χ2v) is 9.85. The van der Waals surface area contributed by atoms with Crippen LogP contribution in [0.5, 0.6) is 0 Å². The molecule has 1 saturated heterocycles. The molecule has 5 heterocycles. The van der Waals surface area contributed by atoms with E-state index in [1.807, 2.05) is 29.1 Å². The normalized spacial score (nSPS) is 14.9. The fraction of sp³-hybridized carbons (Fsp3) is 0.423. The maximum atomic E-state index is 13.3. The number of piperidine rings is 1. The Bertz CT molecular complexity index is 1460. The Kier molecular flexibility index (Phi) is 6.79. The lowest BCUT2D eigenvalue weighted by molar-refractivity contribution is 0.252. The fourth-order valence-electron chi connectivity index (χ4n) is 4.72. The zero-order valence-corrected chi connectivity index (χ0v) is 21.9. The van der Waals surface area contributed by atoms with Crippen LogP contribution < -0.4 is 15.8 Å². The average molecular weight is 503 g/mol. The molecule has 1 aliphatic heterocycles. The Morgan fingerprint density at radius 2 is 2.00 bits per heavy atom. The van der Waals surface area contributed by atoms with Gasteiger partial charge in [-0.2, -0.15) is 10.1 Å². The average Bonchev–Trinajstić information content (AvgIpc) is 3.47. The van der Waals surface area contributed by atoms with E-state index in [9.17, 15) is 4.79 Å². The van der Waals surface area contributed by atoms with Crippen molar-refractivity contribution in [3.05, 3.63) is 59.8 Å². The van der Waals surface area contributed by atoms with Gasteiger partial charge in [-0.3, -0.25) is 9.48 Å². The van der Waals surface area contributed by atoms with Crippen molar-refractivity contribution in [1.82, 2.24) is 39.0 Å². The van der Waals surface area contributed by atoms with Crippen molar-refractivity contribution < 1.29 is 0 Å². The molecule has 0 saturated carbocycles. The molecule has 4 aromatic heterocycles. The lowest BCUT2D eigenvalue weighted by Crippen LogP contribution is -2.42. The van der Waals surface area contributed by atoms with Crippen molar-refractivity contribution in [2.24, 2.45) is 0 Å². The molecule has 0 aliphatic carbocycles. The molecule has 0 atom stereocenters. The second kappa shape index (κ2) is 10.2. The van der Waals surface area contributed by atoms with Crippen molar-refractivity contribution in [2.45, 2.75) is 45.3 Å². The van der Waals surface area contributed by atoms with Crippen molar-refractivity contribution in [3.8, 4) is 5.82 Å². The van der Waals surface area contributed by atoms with Gasteiger partial charge in [0, 0.05) is 31.5 Å². The van der Waals surface area contributed by atoms with Crippen molar-refractivity contribution in [1.29, 1.82) is 0 Å². The minimum Gasteiger partial charge on any atom is -0.357 e. The smallest absolute Gasteiger partial charge is 0.278 e. The van der Waals surface area contributed by atoms with E-state index in [-0.39, 0.29) is 11.6 Å². The van der Waals surface area contributed by atoms with E-state index in [0.717, 1.165) is 37.4 Å². The lowest BCUT2D eigenvalue weighted by Gasteiger charge is -2.35. The van der Waals surface area contributed by atoms with Crippen LogP contribution in [0.1, 0.15) is 32.7 Å². The summed E-state index contributed by atoms with van der Waals surface area (Å²) < 4.78 is 5.21. The third kappa shape index (κ3) is 4.86. The molecule has 11 heteroatoms. The standard InChI is InChI=1S/C26H34N10O/c1-6-12-35-25(37)21-16-27-26(29-19-15-28-34(17-19)18(2)3)31-24(21)36(35)23-9-7-8-22(30-23)33(5)20-10-13-32(4)14-11-20/h6-9,15-18,20H,1,10-14H2,2-5H3,(H,27,29,31). The molecule has 0 aromatic carbocycles. The van der Waals surface area contributed by atoms with Gasteiger partial charge < -0.3 is 15.1 Å². The SMILES string of the molecule is C=CCn1c(=O)c2cnc(Nc3cnn(C(C)C)c3)nc2n1-c1cccc(N(C)C2CCN(C)CC2)n1. The molecule has 4 aromatic rings. The maximum absolute atomic E-state index is 13.3. The zero-order valence-electron chi connectivity index (χ0n) is 21.9. The molecule has 0 spiro atoms. The number of fused-ring (bicyclic) bond motifs is 1. The molecule has 5 rings (SSSR count). The zero-order chi connectivity index (χ0) is 26.1. The Labute approximate surface area is 216 Å². The van der Waals surface area contributed by atoms with Gasteiger partial charge in [0.15, 0.2) is 11.5 Å². The minimum absolute atomic E-state index is 0.190. The summed E-state index contributed by atoms with van der Waals surface area (Å²) in [7, 11) is 4.25. The van der Waals surface area contributed by atoms with Gasteiger partial charge in [-0.1, -0.05) is 12.1 Å². The number of hydrogen-bond donors (Lipinski definition) is 1. The number of rotatable bonds is 8. The maximum Gasteiger partial charge on any atom is 0.278 e. The quantitative estimate of drug-likeness (QED) is 0.367. The fourth-order valence-corrected chi connectivity index (χ4v) is 4.72. The molecule has 1 aliphatic rings. The molecule has 11 nitrogen and oxygen atoms in total. The molecule has 0 radical (unpaired) electrons. The van der Waals surface area contributed by atoms with Crippen LogP contribution in [0.15, 0.2) is 54.2 Å². The van der Waals surface area contributed by atoms with Gasteiger partial charge in [-0.05, 0) is 59.0 Å². The molecule has 0 unspecified atom stereocenters. The first-order chi connectivity index (χ1) is 17.9. The van der Waals surface area contributed by atoms with Crippen molar-refractivity contribution >= 4 is 28.5 Å². The summed E-state index contributed by atoms with van der Waals surface area (Å²) in [4.78, 5) is 32.0. The number of allylic oxidation sites excluding steroid dienone is 1. The lowest BCUT2D eigenvalue weighted by atomic mass is 10.0. The highest BCUT2D eigenvalue weighted by Gasteiger charge is 2.23. The van der Waals surface area contributed by atoms with E-state index in [0.29, 0.717) is 35.4 Å². The first kappa shape index (κ1) is 24.7. The van der Waals surface area contributed by atoms with Crippen molar-refractivity contribution in [3.63, 3.8) is 0 Å². The summed E-state index contributed by atoms with van der Waals surface area (Å²) in [5.74, 6) is 1.85. The van der Waals surface area contributed by atoms with Gasteiger partial charge in [-0.25, -0.2) is 19.3 Å². The molecular weight excluding hydrogens is 468 g/mol. The van der Waals surface area contributed by atoms with Gasteiger partial charge in [0.25, 0.3) is 5.56 Å². The summed E-state index contributed by atoms with van der Waals surface area (Å²) >= 11 is 0. The summed E-state index contributed by atoms with van der Waals surface area (Å²) in [5.41, 5.74) is 1.06. The summed E-state index contributed by atoms with van der Waals surface area (Å²) in [5, 5.41) is 7.98. The topological polar surface area (TPSA) is 102 Å². The minimum atomic E-state index is -0.190. The highest BCUT2D eigenvalue weighted by molar-refractivity contribution is 5.77. The van der Waals surface area contributed by atoms with E-state index >= 15 is 0 Å².